The number of piperidine rings is 1. The van der Waals surface area contributed by atoms with Gasteiger partial charge < -0.3 is 5.32 Å². The summed E-state index contributed by atoms with van der Waals surface area (Å²) in [6.45, 7) is 0.0308. The Morgan fingerprint density at radius 3 is 2.16 bits per heavy atom. The lowest BCUT2D eigenvalue weighted by Crippen LogP contribution is -2.44. The third kappa shape index (κ3) is 4.46. The number of carbonyl (C=O) groups is 1. The average molecular weight is 429 g/mol. The summed E-state index contributed by atoms with van der Waals surface area (Å²) in [7, 11) is -6.19. The minimum atomic E-state index is -3.92. The Kier molecular flexibility index (Phi) is 6.37. The van der Waals surface area contributed by atoms with E-state index in [0.717, 1.165) is 0 Å². The number of amides is 1. The van der Waals surface area contributed by atoms with Gasteiger partial charge in [0.25, 0.3) is 0 Å². The Balaban J connectivity index is 2.16. The minimum Gasteiger partial charge on any atom is -0.358 e. The van der Waals surface area contributed by atoms with Gasteiger partial charge >= 0.3 is 0 Å². The fraction of sp³-hybridized carbons (Fsp3) is 0.500. The van der Waals surface area contributed by atoms with Crippen molar-refractivity contribution >= 4 is 49.0 Å². The largest absolute Gasteiger partial charge is 0.358 e. The van der Waals surface area contributed by atoms with Gasteiger partial charge in [0.1, 0.15) is 10.6 Å². The van der Waals surface area contributed by atoms with Crippen LogP contribution in [0.2, 0.25) is 10.0 Å². The highest BCUT2D eigenvalue weighted by Gasteiger charge is 2.37. The van der Waals surface area contributed by atoms with Crippen LogP contribution in [-0.2, 0) is 24.7 Å². The second-order valence-electron chi connectivity index (χ2n) is 5.63. The molecule has 1 aromatic carbocycles. The molecular formula is C14H18Cl2N2O5S2. The van der Waals surface area contributed by atoms with Crippen molar-refractivity contribution in [1.82, 2.24) is 9.62 Å². The maximum atomic E-state index is 12.8. The van der Waals surface area contributed by atoms with Gasteiger partial charge in [0, 0.05) is 20.1 Å². The lowest BCUT2D eigenvalue weighted by atomic mass is 10.2. The van der Waals surface area contributed by atoms with E-state index < -0.39 is 36.8 Å². The van der Waals surface area contributed by atoms with Crippen LogP contribution in [0.3, 0.4) is 0 Å². The highest BCUT2D eigenvalue weighted by Crippen LogP contribution is 2.33. The molecule has 0 radical (unpaired) electrons. The number of rotatable bonds is 5. The highest BCUT2D eigenvalue weighted by atomic mass is 35.5. The van der Waals surface area contributed by atoms with Crippen molar-refractivity contribution in [3.63, 3.8) is 0 Å². The van der Waals surface area contributed by atoms with Crippen LogP contribution in [-0.4, -0.2) is 58.2 Å². The van der Waals surface area contributed by atoms with Gasteiger partial charge in [0.05, 0.1) is 15.3 Å². The van der Waals surface area contributed by atoms with Crippen molar-refractivity contribution < 1.29 is 21.6 Å². The fourth-order valence-electron chi connectivity index (χ4n) is 2.66. The predicted octanol–water partition coefficient (Wildman–Crippen LogP) is 1.31. The van der Waals surface area contributed by atoms with Crippen LogP contribution in [0.1, 0.15) is 12.8 Å². The summed E-state index contributed by atoms with van der Waals surface area (Å²) in [4.78, 5) is 11.2. The Hall–Kier alpha value is -0.870. The number of nitrogens with one attached hydrogen (secondary N) is 1. The molecule has 140 valence electrons. The number of benzene rings is 1. The van der Waals surface area contributed by atoms with E-state index in [1.165, 1.54) is 23.5 Å². The second-order valence-corrected chi connectivity index (χ2v) is 10.6. The van der Waals surface area contributed by atoms with Gasteiger partial charge in [-0.25, -0.2) is 16.8 Å². The van der Waals surface area contributed by atoms with Crippen LogP contribution in [0.15, 0.2) is 23.1 Å². The zero-order chi connectivity index (χ0) is 18.8. The zero-order valence-electron chi connectivity index (χ0n) is 13.4. The first-order chi connectivity index (χ1) is 11.6. The van der Waals surface area contributed by atoms with Crippen LogP contribution in [0.25, 0.3) is 0 Å². The SMILES string of the molecule is CNC(=O)CS(=O)(=O)C1CCN(S(=O)(=O)c2c(Cl)cccc2Cl)CC1. The number of hydrogen-bond donors (Lipinski definition) is 1. The third-order valence-corrected chi connectivity index (χ3v) is 9.04. The topological polar surface area (TPSA) is 101 Å². The van der Waals surface area contributed by atoms with Crippen LogP contribution in [0.5, 0.6) is 0 Å². The van der Waals surface area contributed by atoms with Gasteiger partial charge in [-0.3, -0.25) is 4.79 Å². The van der Waals surface area contributed by atoms with Gasteiger partial charge in [0.2, 0.25) is 15.9 Å². The molecule has 1 heterocycles. The molecule has 1 aromatic rings. The van der Waals surface area contributed by atoms with Crippen LogP contribution in [0, 0.1) is 0 Å². The Morgan fingerprint density at radius 2 is 1.68 bits per heavy atom. The standard InChI is InChI=1S/C14H18Cl2N2O5S2/c1-17-13(19)9-24(20,21)10-5-7-18(8-6-10)25(22,23)14-11(15)3-2-4-12(14)16/h2-4,10H,5-9H2,1H3,(H,17,19). The Labute approximate surface area is 157 Å². The minimum absolute atomic E-state index is 0.0154. The van der Waals surface area contributed by atoms with Crippen LogP contribution < -0.4 is 5.32 Å². The van der Waals surface area contributed by atoms with Crippen molar-refractivity contribution in [2.24, 2.45) is 0 Å². The van der Waals surface area contributed by atoms with Crippen molar-refractivity contribution in [2.45, 2.75) is 23.0 Å². The molecule has 0 unspecified atom stereocenters. The van der Waals surface area contributed by atoms with Gasteiger partial charge in [-0.1, -0.05) is 29.3 Å². The van der Waals surface area contributed by atoms with E-state index in [-0.39, 0.29) is 40.9 Å². The molecule has 2 rings (SSSR count). The van der Waals surface area contributed by atoms with E-state index in [2.05, 4.69) is 5.32 Å². The molecule has 0 spiro atoms. The number of sulfonamides is 1. The van der Waals surface area contributed by atoms with Crippen LogP contribution in [0.4, 0.5) is 0 Å². The first-order valence-corrected chi connectivity index (χ1v) is 11.4. The van der Waals surface area contributed by atoms with E-state index in [1.807, 2.05) is 0 Å². The van der Waals surface area contributed by atoms with Crippen molar-refractivity contribution in [3.8, 4) is 0 Å². The number of halogens is 2. The Morgan fingerprint density at radius 1 is 1.16 bits per heavy atom. The molecule has 1 fully saturated rings. The summed E-state index contributed by atoms with van der Waals surface area (Å²) in [5.74, 6) is -1.19. The van der Waals surface area contributed by atoms with E-state index in [4.69, 9.17) is 23.2 Å². The molecule has 0 bridgehead atoms. The van der Waals surface area contributed by atoms with Crippen molar-refractivity contribution in [3.05, 3.63) is 28.2 Å². The molecule has 1 aliphatic rings. The summed E-state index contributed by atoms with van der Waals surface area (Å²) >= 11 is 12.0. The molecule has 1 aliphatic heterocycles. The molecule has 0 saturated carbocycles. The lowest BCUT2D eigenvalue weighted by Gasteiger charge is -2.31. The second kappa shape index (κ2) is 7.79. The van der Waals surface area contributed by atoms with E-state index in [1.54, 1.807) is 6.07 Å². The van der Waals surface area contributed by atoms with Gasteiger partial charge in [0.15, 0.2) is 9.84 Å². The quantitative estimate of drug-likeness (QED) is 0.761. The summed E-state index contributed by atoms with van der Waals surface area (Å²) in [5.41, 5.74) is 0. The van der Waals surface area contributed by atoms with Crippen LogP contribution >= 0.6 is 23.2 Å². The first kappa shape index (κ1) is 20.4. The average Bonchev–Trinajstić information content (AvgIpc) is 2.54. The number of carbonyl (C=O) groups excluding carboxylic acids is 1. The number of hydrogen-bond acceptors (Lipinski definition) is 5. The molecule has 0 aliphatic carbocycles. The smallest absolute Gasteiger partial charge is 0.246 e. The van der Waals surface area contributed by atoms with Gasteiger partial charge in [-0.05, 0) is 25.0 Å². The number of sulfone groups is 1. The predicted molar refractivity (Wildman–Crippen MR) is 96.1 cm³/mol. The molecule has 1 N–H and O–H groups in total. The molecule has 1 amide bonds. The van der Waals surface area contributed by atoms with Gasteiger partial charge in [-0.15, -0.1) is 0 Å². The normalized spacial score (nSPS) is 17.4. The third-order valence-electron chi connectivity index (χ3n) is 4.04. The van der Waals surface area contributed by atoms with E-state index >= 15 is 0 Å². The monoisotopic (exact) mass is 428 g/mol. The lowest BCUT2D eigenvalue weighted by molar-refractivity contribution is -0.118. The first-order valence-electron chi connectivity index (χ1n) is 7.46. The molecule has 1 saturated heterocycles. The molecule has 25 heavy (non-hydrogen) atoms. The maximum absolute atomic E-state index is 12.8. The summed E-state index contributed by atoms with van der Waals surface area (Å²) in [6.07, 6.45) is 0.223. The maximum Gasteiger partial charge on any atom is 0.246 e. The summed E-state index contributed by atoms with van der Waals surface area (Å²) in [6, 6.07) is 4.41. The van der Waals surface area contributed by atoms with E-state index in [0.29, 0.717) is 0 Å². The molecule has 0 aromatic heterocycles. The molecule has 11 heteroatoms. The number of nitrogens with zero attached hydrogens (tertiary/aromatic N) is 1. The van der Waals surface area contributed by atoms with E-state index in [9.17, 15) is 21.6 Å². The summed E-state index contributed by atoms with van der Waals surface area (Å²) in [5, 5.41) is 1.55. The van der Waals surface area contributed by atoms with Crippen molar-refractivity contribution in [1.29, 1.82) is 0 Å². The highest BCUT2D eigenvalue weighted by molar-refractivity contribution is 7.92. The fourth-order valence-corrected chi connectivity index (χ4v) is 6.90. The van der Waals surface area contributed by atoms with Crippen molar-refractivity contribution in [2.75, 3.05) is 25.9 Å². The molecule has 0 atom stereocenters. The molecule has 7 nitrogen and oxygen atoms in total. The summed E-state index contributed by atoms with van der Waals surface area (Å²) < 4.78 is 51.1. The molecular weight excluding hydrogens is 411 g/mol. The van der Waals surface area contributed by atoms with Gasteiger partial charge in [-0.2, -0.15) is 4.31 Å². The Bertz CT molecular complexity index is 843. The zero-order valence-corrected chi connectivity index (χ0v) is 16.6.